The second-order valence-corrected chi connectivity index (χ2v) is 8.95. The lowest BCUT2D eigenvalue weighted by molar-refractivity contribution is 0.305. The van der Waals surface area contributed by atoms with Gasteiger partial charge in [0.1, 0.15) is 18.1 Å². The molecule has 7 rings (SSSR count). The lowest BCUT2D eigenvalue weighted by atomic mass is 10.1. The summed E-state index contributed by atoms with van der Waals surface area (Å²) in [6.07, 6.45) is 12.6. The van der Waals surface area contributed by atoms with E-state index < -0.39 is 0 Å². The third kappa shape index (κ3) is 4.04. The maximum Gasteiger partial charge on any atom is 0.155 e. The number of nitrogens with one attached hydrogen (secondary N) is 2. The lowest BCUT2D eigenvalue weighted by Gasteiger charge is -2.08. The topological polar surface area (TPSA) is 105 Å². The van der Waals surface area contributed by atoms with Crippen LogP contribution in [-0.2, 0) is 6.61 Å². The van der Waals surface area contributed by atoms with E-state index >= 15 is 0 Å². The summed E-state index contributed by atoms with van der Waals surface area (Å²) in [5.74, 6) is 0.699. The molecular formula is C30H21N7O. The number of rotatable bonds is 6. The van der Waals surface area contributed by atoms with Gasteiger partial charge in [0.2, 0.25) is 0 Å². The van der Waals surface area contributed by atoms with Gasteiger partial charge in [0, 0.05) is 64.0 Å². The zero-order valence-corrected chi connectivity index (χ0v) is 20.2. The van der Waals surface area contributed by atoms with Gasteiger partial charge in [0.15, 0.2) is 5.65 Å². The highest BCUT2D eigenvalue weighted by Crippen LogP contribution is 2.34. The van der Waals surface area contributed by atoms with E-state index in [0.29, 0.717) is 18.0 Å². The van der Waals surface area contributed by atoms with E-state index in [1.54, 1.807) is 12.4 Å². The standard InChI is InChI=1S/C30H21N7O/c1-2-5-19(6-3-1)18-38-23-9-21(13-32-15-23)22-10-25-29(36-37-30(25)34-14-22)27-11-24-26(16-33-17-28(24)35-27)20-7-4-8-31-12-20/h1-17,35H,18H2,(H,34,36,37). The third-order valence-corrected chi connectivity index (χ3v) is 6.48. The highest BCUT2D eigenvalue weighted by molar-refractivity contribution is 6.00. The predicted molar refractivity (Wildman–Crippen MR) is 146 cm³/mol. The normalized spacial score (nSPS) is 11.3. The fourth-order valence-corrected chi connectivity index (χ4v) is 4.59. The molecule has 1 aromatic carbocycles. The maximum atomic E-state index is 5.98. The number of aromatic nitrogens is 7. The zero-order valence-electron chi connectivity index (χ0n) is 20.2. The number of nitrogens with zero attached hydrogens (tertiary/aromatic N) is 5. The van der Waals surface area contributed by atoms with Gasteiger partial charge in [-0.15, -0.1) is 0 Å². The van der Waals surface area contributed by atoms with E-state index in [2.05, 4.69) is 47.2 Å². The highest BCUT2D eigenvalue weighted by atomic mass is 16.5. The van der Waals surface area contributed by atoms with Crippen LogP contribution in [0.4, 0.5) is 0 Å². The molecule has 0 fully saturated rings. The summed E-state index contributed by atoms with van der Waals surface area (Å²) in [5.41, 5.74) is 8.25. The summed E-state index contributed by atoms with van der Waals surface area (Å²) in [5, 5.41) is 9.60. The van der Waals surface area contributed by atoms with Gasteiger partial charge in [0.25, 0.3) is 0 Å². The summed E-state index contributed by atoms with van der Waals surface area (Å²) >= 11 is 0. The minimum absolute atomic E-state index is 0.478. The number of pyridine rings is 4. The minimum atomic E-state index is 0.478. The van der Waals surface area contributed by atoms with Crippen molar-refractivity contribution < 1.29 is 4.74 Å². The van der Waals surface area contributed by atoms with Gasteiger partial charge >= 0.3 is 0 Å². The van der Waals surface area contributed by atoms with Crippen LogP contribution in [0.1, 0.15) is 5.56 Å². The SMILES string of the molecule is c1ccc(COc2cncc(-c3cnc4[nH]nc(-c5cc6c(-c7cccnc7)cncc6[nH]5)c4c3)c2)cc1. The summed E-state index contributed by atoms with van der Waals surface area (Å²) < 4.78 is 5.98. The molecule has 7 aromatic rings. The van der Waals surface area contributed by atoms with Crippen LogP contribution in [0.3, 0.4) is 0 Å². The fraction of sp³-hybridized carbons (Fsp3) is 0.0333. The van der Waals surface area contributed by atoms with Crippen molar-refractivity contribution in [2.75, 3.05) is 0 Å². The van der Waals surface area contributed by atoms with Crippen molar-refractivity contribution in [3.8, 4) is 39.4 Å². The molecule has 0 saturated carbocycles. The van der Waals surface area contributed by atoms with Crippen molar-refractivity contribution in [1.29, 1.82) is 0 Å². The molecule has 0 saturated heterocycles. The Kier molecular flexibility index (Phi) is 5.33. The van der Waals surface area contributed by atoms with E-state index in [1.165, 1.54) is 0 Å². The molecule has 0 bridgehead atoms. The van der Waals surface area contributed by atoms with Gasteiger partial charge in [-0.25, -0.2) is 4.98 Å². The fourth-order valence-electron chi connectivity index (χ4n) is 4.59. The molecule has 0 unspecified atom stereocenters. The van der Waals surface area contributed by atoms with Gasteiger partial charge in [-0.05, 0) is 29.8 Å². The Morgan fingerprint density at radius 2 is 1.58 bits per heavy atom. The molecule has 38 heavy (non-hydrogen) atoms. The minimum Gasteiger partial charge on any atom is -0.487 e. The molecule has 6 heterocycles. The van der Waals surface area contributed by atoms with Gasteiger partial charge in [-0.2, -0.15) is 5.10 Å². The van der Waals surface area contributed by atoms with Crippen molar-refractivity contribution in [3.05, 3.63) is 110 Å². The Labute approximate surface area is 217 Å². The molecular weight excluding hydrogens is 474 g/mol. The van der Waals surface area contributed by atoms with E-state index in [9.17, 15) is 0 Å². The molecule has 6 aromatic heterocycles. The smallest absolute Gasteiger partial charge is 0.155 e. The monoisotopic (exact) mass is 495 g/mol. The van der Waals surface area contributed by atoms with Gasteiger partial charge in [-0.1, -0.05) is 36.4 Å². The lowest BCUT2D eigenvalue weighted by Crippen LogP contribution is -1.96. The summed E-state index contributed by atoms with van der Waals surface area (Å²) in [4.78, 5) is 21.2. The number of fused-ring (bicyclic) bond motifs is 2. The molecule has 8 nitrogen and oxygen atoms in total. The largest absolute Gasteiger partial charge is 0.487 e. The second-order valence-electron chi connectivity index (χ2n) is 8.95. The van der Waals surface area contributed by atoms with Crippen molar-refractivity contribution in [2.45, 2.75) is 6.61 Å². The molecule has 0 amide bonds. The molecule has 2 N–H and O–H groups in total. The maximum absolute atomic E-state index is 5.98. The Morgan fingerprint density at radius 3 is 2.47 bits per heavy atom. The molecule has 0 spiro atoms. The Hall–Kier alpha value is -5.37. The number of hydrogen-bond donors (Lipinski definition) is 2. The predicted octanol–water partition coefficient (Wildman–Crippen LogP) is 6.20. The summed E-state index contributed by atoms with van der Waals surface area (Å²) in [7, 11) is 0. The van der Waals surface area contributed by atoms with Crippen LogP contribution in [0, 0.1) is 0 Å². The first-order valence-corrected chi connectivity index (χ1v) is 12.2. The molecule has 182 valence electrons. The first-order valence-electron chi connectivity index (χ1n) is 12.2. The van der Waals surface area contributed by atoms with Crippen molar-refractivity contribution >= 4 is 21.9 Å². The molecule has 0 aliphatic carbocycles. The van der Waals surface area contributed by atoms with Crippen LogP contribution in [0.2, 0.25) is 0 Å². The number of H-pyrrole nitrogens is 2. The zero-order chi connectivity index (χ0) is 25.3. The number of ether oxygens (including phenoxy) is 1. The van der Waals surface area contributed by atoms with E-state index in [1.807, 2.05) is 79.5 Å². The van der Waals surface area contributed by atoms with Crippen LogP contribution >= 0.6 is 0 Å². The highest BCUT2D eigenvalue weighted by Gasteiger charge is 2.15. The number of hydrogen-bond acceptors (Lipinski definition) is 6. The van der Waals surface area contributed by atoms with Crippen molar-refractivity contribution in [2.24, 2.45) is 0 Å². The summed E-state index contributed by atoms with van der Waals surface area (Å²) in [6.45, 7) is 0.478. The Bertz CT molecular complexity index is 1880. The van der Waals surface area contributed by atoms with Crippen LogP contribution in [0.5, 0.6) is 5.75 Å². The molecule has 0 aliphatic heterocycles. The number of benzene rings is 1. The Balaban J connectivity index is 1.24. The average molecular weight is 496 g/mol. The van der Waals surface area contributed by atoms with Crippen molar-refractivity contribution in [3.63, 3.8) is 0 Å². The third-order valence-electron chi connectivity index (χ3n) is 6.48. The Morgan fingerprint density at radius 1 is 0.711 bits per heavy atom. The van der Waals surface area contributed by atoms with Crippen LogP contribution in [0.25, 0.3) is 55.6 Å². The quantitative estimate of drug-likeness (QED) is 0.284. The second kappa shape index (κ2) is 9.25. The van der Waals surface area contributed by atoms with Gasteiger partial charge in [0.05, 0.1) is 23.6 Å². The van der Waals surface area contributed by atoms with Crippen LogP contribution < -0.4 is 4.74 Å². The van der Waals surface area contributed by atoms with Crippen molar-refractivity contribution in [1.82, 2.24) is 35.1 Å². The average Bonchev–Trinajstić information content (AvgIpc) is 3.61. The molecule has 8 heteroatoms. The molecule has 0 aliphatic rings. The van der Waals surface area contributed by atoms with Gasteiger partial charge in [-0.3, -0.25) is 20.1 Å². The first-order chi connectivity index (χ1) is 18.8. The molecule has 0 atom stereocenters. The first kappa shape index (κ1) is 21.9. The van der Waals surface area contributed by atoms with E-state index in [-0.39, 0.29) is 0 Å². The number of aromatic amines is 2. The van der Waals surface area contributed by atoms with E-state index in [4.69, 9.17) is 4.74 Å². The van der Waals surface area contributed by atoms with E-state index in [0.717, 1.165) is 55.5 Å². The van der Waals surface area contributed by atoms with Gasteiger partial charge < -0.3 is 9.72 Å². The molecule has 0 radical (unpaired) electrons. The van der Waals surface area contributed by atoms with Crippen LogP contribution in [0.15, 0.2) is 104 Å². The summed E-state index contributed by atoms with van der Waals surface area (Å²) in [6, 6.07) is 20.2. The van der Waals surface area contributed by atoms with Crippen LogP contribution in [-0.4, -0.2) is 35.1 Å².